The summed E-state index contributed by atoms with van der Waals surface area (Å²) in [6, 6.07) is 12.9. The fourth-order valence-electron chi connectivity index (χ4n) is 4.47. The minimum absolute atomic E-state index is 0.233. The van der Waals surface area contributed by atoms with E-state index in [2.05, 4.69) is 44.3 Å². The lowest BCUT2D eigenvalue weighted by Gasteiger charge is -2.34. The maximum atomic E-state index is 14.8. The van der Waals surface area contributed by atoms with Crippen LogP contribution in [0.3, 0.4) is 0 Å². The van der Waals surface area contributed by atoms with Crippen LogP contribution >= 0.6 is 0 Å². The molecule has 1 N–H and O–H groups in total. The van der Waals surface area contributed by atoms with Gasteiger partial charge in [-0.25, -0.2) is 13.8 Å². The number of hydrogen-bond donors (Lipinski definition) is 1. The zero-order valence-corrected chi connectivity index (χ0v) is 19.5. The summed E-state index contributed by atoms with van der Waals surface area (Å²) in [6.07, 6.45) is 1.20. The molecule has 178 valence electrons. The molecule has 0 amide bonds. The lowest BCUT2D eigenvalue weighted by molar-refractivity contribution is 0.313. The van der Waals surface area contributed by atoms with Crippen molar-refractivity contribution in [3.8, 4) is 0 Å². The van der Waals surface area contributed by atoms with E-state index >= 15 is 0 Å². The first-order chi connectivity index (χ1) is 16.5. The van der Waals surface area contributed by atoms with E-state index < -0.39 is 5.82 Å². The summed E-state index contributed by atoms with van der Waals surface area (Å²) in [5.41, 5.74) is 3.76. The molecule has 0 bridgehead atoms. The zero-order chi connectivity index (χ0) is 23.7. The van der Waals surface area contributed by atoms with Crippen molar-refractivity contribution >= 4 is 28.8 Å². The molecule has 3 aromatic rings. The topological polar surface area (TPSA) is 50.8 Å². The van der Waals surface area contributed by atoms with Crippen molar-refractivity contribution < 1.29 is 8.78 Å². The fraction of sp³-hybridized carbons (Fsp3) is 0.360. The van der Waals surface area contributed by atoms with Crippen LogP contribution in [0.5, 0.6) is 0 Å². The minimum Gasteiger partial charge on any atom is -0.372 e. The molecule has 1 aromatic heterocycles. The number of nitrogens with one attached hydrogen (secondary N) is 1. The van der Waals surface area contributed by atoms with E-state index in [1.807, 2.05) is 29.0 Å². The number of rotatable bonds is 4. The summed E-state index contributed by atoms with van der Waals surface area (Å²) < 4.78 is 28.5. The van der Waals surface area contributed by atoms with Crippen molar-refractivity contribution in [2.75, 3.05) is 73.4 Å². The zero-order valence-electron chi connectivity index (χ0n) is 19.5. The van der Waals surface area contributed by atoms with Gasteiger partial charge in [0.2, 0.25) is 5.95 Å². The van der Waals surface area contributed by atoms with Crippen LogP contribution < -0.4 is 20.0 Å². The maximum Gasteiger partial charge on any atom is 0.229 e. The summed E-state index contributed by atoms with van der Waals surface area (Å²) >= 11 is 0. The van der Waals surface area contributed by atoms with Crippen LogP contribution in [0, 0.1) is 11.6 Å². The second-order valence-corrected chi connectivity index (χ2v) is 8.94. The summed E-state index contributed by atoms with van der Waals surface area (Å²) in [7, 11) is 4.06. The molecule has 0 saturated carbocycles. The number of halogens is 2. The van der Waals surface area contributed by atoms with Gasteiger partial charge < -0.3 is 24.9 Å². The molecule has 1 fully saturated rings. The highest BCUT2D eigenvalue weighted by Crippen LogP contribution is 2.29. The van der Waals surface area contributed by atoms with Crippen molar-refractivity contribution in [3.63, 3.8) is 0 Å². The molecule has 2 aliphatic rings. The summed E-state index contributed by atoms with van der Waals surface area (Å²) in [5, 5.41) is 3.20. The summed E-state index contributed by atoms with van der Waals surface area (Å²) in [6.45, 7) is 5.74. The molecule has 3 heterocycles. The standard InChI is InChI=1S/C25H29F2N7/c1-31-9-12-33(13-10-31)21-7-5-20(6-8-21)29-25-28-16-22(27)24(30-25)34-14-11-32(2)23-15-19(26)4-3-18(23)17-34/h3-8,15-16H,9-14,17H2,1-2H3,(H,28,29,30). The number of likely N-dealkylation sites (N-methyl/N-ethyl adjacent to an activating group) is 2. The highest BCUT2D eigenvalue weighted by Gasteiger charge is 2.22. The van der Waals surface area contributed by atoms with Crippen molar-refractivity contribution in [1.29, 1.82) is 0 Å². The number of nitrogens with zero attached hydrogens (tertiary/aromatic N) is 6. The van der Waals surface area contributed by atoms with Gasteiger partial charge in [-0.3, -0.25) is 0 Å². The summed E-state index contributed by atoms with van der Waals surface area (Å²) in [4.78, 5) is 17.2. The number of piperazine rings is 1. The Kier molecular flexibility index (Phi) is 6.19. The van der Waals surface area contributed by atoms with Gasteiger partial charge in [-0.15, -0.1) is 0 Å². The maximum absolute atomic E-state index is 14.8. The highest BCUT2D eigenvalue weighted by molar-refractivity contribution is 5.61. The van der Waals surface area contributed by atoms with Gasteiger partial charge in [0.25, 0.3) is 0 Å². The van der Waals surface area contributed by atoms with Gasteiger partial charge in [0.1, 0.15) is 5.82 Å². The molecule has 5 rings (SSSR count). The molecule has 2 aliphatic heterocycles. The molecule has 0 atom stereocenters. The van der Waals surface area contributed by atoms with E-state index in [1.165, 1.54) is 24.0 Å². The molecular formula is C25H29F2N7. The van der Waals surface area contributed by atoms with Gasteiger partial charge in [0.15, 0.2) is 11.6 Å². The molecule has 34 heavy (non-hydrogen) atoms. The molecule has 1 saturated heterocycles. The predicted molar refractivity (Wildman–Crippen MR) is 132 cm³/mol. The monoisotopic (exact) mass is 465 g/mol. The van der Waals surface area contributed by atoms with Crippen LogP contribution in [0.2, 0.25) is 0 Å². The Balaban J connectivity index is 1.32. The van der Waals surface area contributed by atoms with Gasteiger partial charge >= 0.3 is 0 Å². The molecule has 2 aromatic carbocycles. The third kappa shape index (κ3) is 4.75. The molecular weight excluding hydrogens is 436 g/mol. The van der Waals surface area contributed by atoms with Crippen LogP contribution in [0.4, 0.5) is 37.6 Å². The molecule has 9 heteroatoms. The first-order valence-corrected chi connectivity index (χ1v) is 11.5. The van der Waals surface area contributed by atoms with Gasteiger partial charge in [-0.2, -0.15) is 4.98 Å². The summed E-state index contributed by atoms with van der Waals surface area (Å²) in [5.74, 6) is -0.195. The number of hydrogen-bond acceptors (Lipinski definition) is 7. The van der Waals surface area contributed by atoms with E-state index in [0.29, 0.717) is 25.6 Å². The van der Waals surface area contributed by atoms with Crippen LogP contribution in [0.25, 0.3) is 0 Å². The van der Waals surface area contributed by atoms with Gasteiger partial charge in [0.05, 0.1) is 6.20 Å². The van der Waals surface area contributed by atoms with Crippen molar-refractivity contribution in [3.05, 3.63) is 65.9 Å². The average molecular weight is 466 g/mol. The third-order valence-corrected chi connectivity index (χ3v) is 6.54. The first-order valence-electron chi connectivity index (χ1n) is 11.5. The Morgan fingerprint density at radius 3 is 2.35 bits per heavy atom. The second-order valence-electron chi connectivity index (χ2n) is 8.94. The van der Waals surface area contributed by atoms with Crippen LogP contribution in [0.1, 0.15) is 5.56 Å². The van der Waals surface area contributed by atoms with E-state index in [1.54, 1.807) is 6.07 Å². The third-order valence-electron chi connectivity index (χ3n) is 6.54. The Morgan fingerprint density at radius 1 is 0.853 bits per heavy atom. The molecule has 7 nitrogen and oxygen atoms in total. The highest BCUT2D eigenvalue weighted by atomic mass is 19.1. The van der Waals surface area contributed by atoms with E-state index in [-0.39, 0.29) is 11.6 Å². The molecule has 0 aliphatic carbocycles. The molecule has 0 radical (unpaired) electrons. The van der Waals surface area contributed by atoms with Crippen molar-refractivity contribution in [1.82, 2.24) is 14.9 Å². The lowest BCUT2D eigenvalue weighted by Crippen LogP contribution is -2.44. The Labute approximate surface area is 198 Å². The Morgan fingerprint density at radius 2 is 1.59 bits per heavy atom. The van der Waals surface area contributed by atoms with Crippen molar-refractivity contribution in [2.24, 2.45) is 0 Å². The Hall–Kier alpha value is -3.46. The SMILES string of the molecule is CN1CCN(c2ccc(Nc3ncc(F)c(N4CCN(C)c5cc(F)ccc5C4)n3)cc2)CC1. The van der Waals surface area contributed by atoms with Gasteiger partial charge in [-0.05, 0) is 49.0 Å². The normalized spacial score (nSPS) is 16.9. The Bertz CT molecular complexity index is 1150. The largest absolute Gasteiger partial charge is 0.372 e. The van der Waals surface area contributed by atoms with Crippen molar-refractivity contribution in [2.45, 2.75) is 6.54 Å². The smallest absolute Gasteiger partial charge is 0.229 e. The van der Waals surface area contributed by atoms with Crippen LogP contribution in [0.15, 0.2) is 48.7 Å². The first kappa shape index (κ1) is 22.3. The quantitative estimate of drug-likeness (QED) is 0.631. The molecule has 0 spiro atoms. The van der Waals surface area contributed by atoms with E-state index in [0.717, 1.165) is 43.1 Å². The van der Waals surface area contributed by atoms with Gasteiger partial charge in [-0.1, -0.05) is 6.07 Å². The lowest BCUT2D eigenvalue weighted by atomic mass is 10.1. The van der Waals surface area contributed by atoms with E-state index in [4.69, 9.17) is 0 Å². The average Bonchev–Trinajstić information content (AvgIpc) is 3.00. The van der Waals surface area contributed by atoms with Gasteiger partial charge in [0, 0.05) is 69.9 Å². The number of benzene rings is 2. The molecule has 0 unspecified atom stereocenters. The second kappa shape index (κ2) is 9.42. The minimum atomic E-state index is -0.482. The number of anilines is 5. The van der Waals surface area contributed by atoms with E-state index in [9.17, 15) is 8.78 Å². The number of aromatic nitrogens is 2. The number of fused-ring (bicyclic) bond motifs is 1. The predicted octanol–water partition coefficient (Wildman–Crippen LogP) is 3.71. The van der Waals surface area contributed by atoms with Crippen LogP contribution in [-0.4, -0.2) is 68.2 Å². The van der Waals surface area contributed by atoms with Crippen LogP contribution in [-0.2, 0) is 6.54 Å². The fourth-order valence-corrected chi connectivity index (χ4v) is 4.47.